The summed E-state index contributed by atoms with van der Waals surface area (Å²) in [6.45, 7) is 7.59. The number of unbranched alkanes of at least 4 members (excludes halogenated alkanes) is 33. The fraction of sp³-hybridized carbons (Fsp3) is 0.785. The highest BCUT2D eigenvalue weighted by Gasteiger charge is 2.16. The molecule has 0 rings (SSSR count). The van der Waals surface area contributed by atoms with Gasteiger partial charge in [0.25, 0.3) is 0 Å². The van der Waals surface area contributed by atoms with Gasteiger partial charge in [0.05, 0.1) is 0 Å². The molecule has 0 aliphatic rings. The molecule has 406 valence electrons. The highest BCUT2D eigenvalue weighted by atomic mass is 16.6. The van der Waals surface area contributed by atoms with Crippen LogP contribution in [0.1, 0.15) is 303 Å². The van der Waals surface area contributed by atoms with Crippen molar-refractivity contribution in [1.29, 1.82) is 0 Å². The molecular weight excluding hydrogens is 861 g/mol. The van der Waals surface area contributed by atoms with Crippen LogP contribution >= 0.6 is 0 Å². The molecule has 0 amide bonds. The summed E-state index contributed by atoms with van der Waals surface area (Å²) in [5.41, 5.74) is 0. The lowest BCUT2D eigenvalue weighted by Gasteiger charge is -2.18. The Morgan fingerprint density at radius 1 is 0.314 bits per heavy atom. The normalized spacial score (nSPS) is 12.7. The van der Waals surface area contributed by atoms with Crippen molar-refractivity contribution in [3.05, 3.63) is 72.9 Å². The van der Waals surface area contributed by atoms with Gasteiger partial charge in [-0.05, 0) is 57.8 Å². The van der Waals surface area contributed by atoms with E-state index in [-0.39, 0.29) is 25.2 Å². The van der Waals surface area contributed by atoms with Crippen molar-refractivity contribution < 1.29 is 23.8 Å². The standard InChI is InChI=1S/C65H116O5/c1-4-7-10-13-16-19-22-25-28-31-33-35-37-40-43-46-49-52-55-58-64(66)69-61-63(68-60-57-54-51-48-45-42-39-30-27-24-21-18-15-12-9-6-3)62-70-65(67)59-56-53-50-47-44-41-38-36-34-32-29-26-23-20-17-14-11-8-5-2/h7,10,16,19,25,28,33,35,40,43,49,52,63H,4-6,8-9,11-15,17-18,20-24,26-27,29-32,34,36-39,41-42,44-48,50-51,53-62H2,1-3H3/b10-7-,19-16-,28-25-,35-33-,43-40-,52-49-/t63-/m1/s1. The molecule has 0 radical (unpaired) electrons. The van der Waals surface area contributed by atoms with E-state index in [1.807, 2.05) is 6.08 Å². The fourth-order valence-electron chi connectivity index (χ4n) is 8.75. The molecule has 0 bridgehead atoms. The van der Waals surface area contributed by atoms with E-state index in [0.29, 0.717) is 25.9 Å². The number of esters is 2. The lowest BCUT2D eigenvalue weighted by molar-refractivity contribution is -0.155. The zero-order valence-corrected chi connectivity index (χ0v) is 46.8. The summed E-state index contributed by atoms with van der Waals surface area (Å²) in [4.78, 5) is 25.3. The molecular formula is C65H116O5. The third-order valence-electron chi connectivity index (χ3n) is 13.3. The second kappa shape index (κ2) is 60.6. The summed E-state index contributed by atoms with van der Waals surface area (Å²) in [7, 11) is 0. The molecule has 0 heterocycles. The summed E-state index contributed by atoms with van der Waals surface area (Å²) >= 11 is 0. The molecule has 0 aromatic carbocycles. The molecule has 0 unspecified atom stereocenters. The third kappa shape index (κ3) is 57.9. The van der Waals surface area contributed by atoms with E-state index in [0.717, 1.165) is 64.2 Å². The molecule has 0 aromatic heterocycles. The summed E-state index contributed by atoms with van der Waals surface area (Å²) in [5, 5.41) is 0. The van der Waals surface area contributed by atoms with Crippen molar-refractivity contribution in [2.45, 2.75) is 309 Å². The maximum Gasteiger partial charge on any atom is 0.306 e. The van der Waals surface area contributed by atoms with Gasteiger partial charge in [0.2, 0.25) is 0 Å². The second-order valence-corrected chi connectivity index (χ2v) is 20.2. The van der Waals surface area contributed by atoms with Crippen LogP contribution in [0.3, 0.4) is 0 Å². The van der Waals surface area contributed by atoms with E-state index in [4.69, 9.17) is 14.2 Å². The van der Waals surface area contributed by atoms with Gasteiger partial charge in [0.1, 0.15) is 19.3 Å². The van der Waals surface area contributed by atoms with E-state index >= 15 is 0 Å². The predicted octanol–water partition coefficient (Wildman–Crippen LogP) is 21.0. The molecule has 0 saturated carbocycles. The van der Waals surface area contributed by atoms with E-state index in [9.17, 15) is 9.59 Å². The summed E-state index contributed by atoms with van der Waals surface area (Å²) in [5.74, 6) is -0.414. The quantitative estimate of drug-likeness (QED) is 0.0345. The Morgan fingerprint density at radius 2 is 0.586 bits per heavy atom. The van der Waals surface area contributed by atoms with Gasteiger partial charge < -0.3 is 14.2 Å². The van der Waals surface area contributed by atoms with Gasteiger partial charge in [-0.3, -0.25) is 9.59 Å². The predicted molar refractivity (Wildman–Crippen MR) is 307 cm³/mol. The molecule has 0 aliphatic heterocycles. The Balaban J connectivity index is 4.33. The molecule has 0 aromatic rings. The average Bonchev–Trinajstić information content (AvgIpc) is 3.36. The van der Waals surface area contributed by atoms with Gasteiger partial charge in [-0.25, -0.2) is 0 Å². The van der Waals surface area contributed by atoms with Gasteiger partial charge in [-0.1, -0.05) is 306 Å². The van der Waals surface area contributed by atoms with Crippen LogP contribution in [-0.4, -0.2) is 37.9 Å². The molecule has 5 nitrogen and oxygen atoms in total. The van der Waals surface area contributed by atoms with Gasteiger partial charge in [0, 0.05) is 19.4 Å². The van der Waals surface area contributed by atoms with Crippen LogP contribution < -0.4 is 0 Å². The summed E-state index contributed by atoms with van der Waals surface area (Å²) < 4.78 is 17.5. The Bertz CT molecular complexity index is 1240. The summed E-state index contributed by atoms with van der Waals surface area (Å²) in [6.07, 6.45) is 79.7. The minimum atomic E-state index is -0.430. The van der Waals surface area contributed by atoms with Gasteiger partial charge in [-0.2, -0.15) is 0 Å². The Hall–Kier alpha value is -2.66. The second-order valence-electron chi connectivity index (χ2n) is 20.2. The van der Waals surface area contributed by atoms with Crippen molar-refractivity contribution in [3.8, 4) is 0 Å². The van der Waals surface area contributed by atoms with Crippen LogP contribution in [0.5, 0.6) is 0 Å². The van der Waals surface area contributed by atoms with Crippen LogP contribution in [-0.2, 0) is 23.8 Å². The first-order chi connectivity index (χ1) is 34.6. The molecule has 70 heavy (non-hydrogen) atoms. The molecule has 1 atom stereocenters. The monoisotopic (exact) mass is 977 g/mol. The number of ether oxygens (including phenoxy) is 3. The maximum absolute atomic E-state index is 12.7. The highest BCUT2D eigenvalue weighted by Crippen LogP contribution is 2.17. The number of carbonyl (C=O) groups is 2. The number of hydrogen-bond acceptors (Lipinski definition) is 5. The Labute approximate surface area is 436 Å². The minimum absolute atomic E-state index is 0.119. The van der Waals surface area contributed by atoms with Crippen LogP contribution in [0.4, 0.5) is 0 Å². The van der Waals surface area contributed by atoms with E-state index < -0.39 is 6.10 Å². The average molecular weight is 978 g/mol. The maximum atomic E-state index is 12.7. The topological polar surface area (TPSA) is 61.8 Å². The molecule has 0 N–H and O–H groups in total. The van der Waals surface area contributed by atoms with Crippen molar-refractivity contribution >= 4 is 11.9 Å². The third-order valence-corrected chi connectivity index (χ3v) is 13.3. The van der Waals surface area contributed by atoms with Crippen LogP contribution in [0.15, 0.2) is 72.9 Å². The van der Waals surface area contributed by atoms with Crippen LogP contribution in [0.2, 0.25) is 0 Å². The van der Waals surface area contributed by atoms with Gasteiger partial charge in [0.15, 0.2) is 0 Å². The highest BCUT2D eigenvalue weighted by molar-refractivity contribution is 5.70. The number of allylic oxidation sites excluding steroid dienone is 12. The smallest absolute Gasteiger partial charge is 0.306 e. The number of hydrogen-bond donors (Lipinski definition) is 0. The van der Waals surface area contributed by atoms with Gasteiger partial charge in [-0.15, -0.1) is 0 Å². The van der Waals surface area contributed by atoms with E-state index in [1.54, 1.807) is 0 Å². The van der Waals surface area contributed by atoms with Crippen molar-refractivity contribution in [3.63, 3.8) is 0 Å². The lowest BCUT2D eigenvalue weighted by Crippen LogP contribution is -2.29. The van der Waals surface area contributed by atoms with Crippen molar-refractivity contribution in [2.24, 2.45) is 0 Å². The number of carbonyl (C=O) groups excluding carboxylic acids is 2. The first-order valence-electron chi connectivity index (χ1n) is 30.5. The Morgan fingerprint density at radius 3 is 0.914 bits per heavy atom. The van der Waals surface area contributed by atoms with Crippen molar-refractivity contribution in [1.82, 2.24) is 0 Å². The molecule has 0 aliphatic carbocycles. The van der Waals surface area contributed by atoms with Crippen LogP contribution in [0, 0.1) is 0 Å². The first kappa shape index (κ1) is 67.3. The largest absolute Gasteiger partial charge is 0.463 e. The zero-order valence-electron chi connectivity index (χ0n) is 46.8. The van der Waals surface area contributed by atoms with Gasteiger partial charge >= 0.3 is 11.9 Å². The molecule has 0 spiro atoms. The summed E-state index contributed by atoms with van der Waals surface area (Å²) in [6, 6.07) is 0. The molecule has 0 fully saturated rings. The van der Waals surface area contributed by atoms with E-state index in [1.165, 1.54) is 199 Å². The van der Waals surface area contributed by atoms with E-state index in [2.05, 4.69) is 87.6 Å². The first-order valence-corrected chi connectivity index (χ1v) is 30.5. The molecule has 5 heteroatoms. The fourth-order valence-corrected chi connectivity index (χ4v) is 8.75. The lowest BCUT2D eigenvalue weighted by atomic mass is 10.0. The molecule has 0 saturated heterocycles. The van der Waals surface area contributed by atoms with Crippen molar-refractivity contribution in [2.75, 3.05) is 19.8 Å². The Kier molecular flexibility index (Phi) is 58.3. The SMILES string of the molecule is CC/C=C\C/C=C\C/C=C\C/C=C\C/C=C\C/C=C\CCC(=O)OC[C@H](COC(=O)CCCCCCCCCCCCCCCCCCCCC)OCCCCCCCCCCCCCCCCCC. The minimum Gasteiger partial charge on any atom is -0.463 e. The zero-order chi connectivity index (χ0) is 50.6. The van der Waals surface area contributed by atoms with Crippen LogP contribution in [0.25, 0.3) is 0 Å². The number of rotatable bonds is 56.